The van der Waals surface area contributed by atoms with E-state index < -0.39 is 12.6 Å². The SMILES string of the molecule is C=C/C(=C\C=C/C)P(=O)(c1ccccc1)c1ccc2c(c1)C1(c3ccccc3-c3ccccc31)c1cc(-c3ccc(-c4ccc5c(c4)c4ccccc4c4nc6ccccc6n54)cc3)ccc1-2. The van der Waals surface area contributed by atoms with Crippen LogP contribution in [0.25, 0.3) is 82.9 Å². The Morgan fingerprint density at radius 3 is 1.79 bits per heavy atom. The van der Waals surface area contributed by atoms with E-state index in [0.29, 0.717) is 5.31 Å². The monoisotopic (exact) mass is 874 g/mol. The summed E-state index contributed by atoms with van der Waals surface area (Å²) in [6.45, 7) is 6.17. The fraction of sp³-hybridized carbons (Fsp3) is 0.0317. The van der Waals surface area contributed by atoms with Crippen molar-refractivity contribution in [2.45, 2.75) is 12.3 Å². The summed E-state index contributed by atoms with van der Waals surface area (Å²) in [5, 5.41) is 5.83. The highest BCUT2D eigenvalue weighted by molar-refractivity contribution is 7.82. The zero-order valence-corrected chi connectivity index (χ0v) is 37.8. The van der Waals surface area contributed by atoms with Crippen molar-refractivity contribution in [2.75, 3.05) is 0 Å². The molecule has 2 aliphatic carbocycles. The number of aromatic nitrogens is 2. The van der Waals surface area contributed by atoms with Crippen molar-refractivity contribution in [3.05, 3.63) is 265 Å². The molecule has 2 heterocycles. The molecule has 13 rings (SSSR count). The molecule has 0 amide bonds. The van der Waals surface area contributed by atoms with Crippen LogP contribution in [0.4, 0.5) is 0 Å². The predicted octanol–water partition coefficient (Wildman–Crippen LogP) is 15.4. The first kappa shape index (κ1) is 39.3. The van der Waals surface area contributed by atoms with Crippen LogP contribution in [0, 0.1) is 0 Å². The highest BCUT2D eigenvalue weighted by Crippen LogP contribution is 2.64. The van der Waals surface area contributed by atoms with Crippen LogP contribution in [0.5, 0.6) is 0 Å². The second kappa shape index (κ2) is 15.0. The van der Waals surface area contributed by atoms with Crippen molar-refractivity contribution >= 4 is 56.1 Å². The summed E-state index contributed by atoms with van der Waals surface area (Å²) in [7, 11) is -3.36. The summed E-state index contributed by atoms with van der Waals surface area (Å²) in [5.74, 6) is 0. The third-order valence-corrected chi connectivity index (χ3v) is 17.5. The Morgan fingerprint density at radius 2 is 1.07 bits per heavy atom. The van der Waals surface area contributed by atoms with Gasteiger partial charge in [-0.1, -0.05) is 201 Å². The molecule has 0 saturated heterocycles. The van der Waals surface area contributed by atoms with Gasteiger partial charge in [-0.05, 0) is 115 Å². The van der Waals surface area contributed by atoms with Gasteiger partial charge in [-0.2, -0.15) is 0 Å². The molecule has 0 bridgehead atoms. The van der Waals surface area contributed by atoms with Crippen molar-refractivity contribution in [3.8, 4) is 44.5 Å². The lowest BCUT2D eigenvalue weighted by molar-refractivity contribution is 0.591. The molecule has 2 aliphatic rings. The number of nitrogens with zero attached hydrogens (tertiary/aromatic N) is 2. The van der Waals surface area contributed by atoms with E-state index in [-0.39, 0.29) is 0 Å². The van der Waals surface area contributed by atoms with Gasteiger partial charge in [0.05, 0.1) is 22.0 Å². The first-order valence-electron chi connectivity index (χ1n) is 23.0. The average molecular weight is 875 g/mol. The molecule has 0 N–H and O–H groups in total. The Labute approximate surface area is 389 Å². The van der Waals surface area contributed by atoms with E-state index in [2.05, 4.69) is 187 Å². The largest absolute Gasteiger partial charge is 0.309 e. The Kier molecular flexibility index (Phi) is 8.78. The number of hydrogen-bond donors (Lipinski definition) is 0. The van der Waals surface area contributed by atoms with Crippen molar-refractivity contribution < 1.29 is 4.57 Å². The first-order chi connectivity index (χ1) is 33.0. The number of hydrogen-bond acceptors (Lipinski definition) is 2. The summed E-state index contributed by atoms with van der Waals surface area (Å²) >= 11 is 0. The molecule has 0 radical (unpaired) electrons. The third kappa shape index (κ3) is 5.53. The molecule has 4 heteroatoms. The van der Waals surface area contributed by atoms with E-state index in [1.807, 2.05) is 55.5 Å². The average Bonchev–Trinajstić information content (AvgIpc) is 4.03. The number of imidazole rings is 1. The van der Waals surface area contributed by atoms with E-state index in [9.17, 15) is 0 Å². The quantitative estimate of drug-likeness (QED) is 0.0908. The smallest absolute Gasteiger partial charge is 0.171 e. The summed E-state index contributed by atoms with van der Waals surface area (Å²) in [6, 6.07) is 74.1. The van der Waals surface area contributed by atoms with Gasteiger partial charge >= 0.3 is 0 Å². The second-order valence-corrected chi connectivity index (χ2v) is 20.5. The van der Waals surface area contributed by atoms with Crippen LogP contribution < -0.4 is 10.6 Å². The molecule has 0 aliphatic heterocycles. The van der Waals surface area contributed by atoms with E-state index in [4.69, 9.17) is 4.98 Å². The van der Waals surface area contributed by atoms with Crippen LogP contribution >= 0.6 is 7.14 Å². The maximum Gasteiger partial charge on any atom is 0.171 e. The highest BCUT2D eigenvalue weighted by atomic mass is 31.2. The molecule has 0 fully saturated rings. The molecule has 1 atom stereocenters. The Hall–Kier alpha value is -8.10. The van der Waals surface area contributed by atoms with Gasteiger partial charge in [-0.15, -0.1) is 0 Å². The normalized spacial score (nSPS) is 14.4. The fourth-order valence-electron chi connectivity index (χ4n) is 11.4. The van der Waals surface area contributed by atoms with E-state index in [0.717, 1.165) is 66.0 Å². The van der Waals surface area contributed by atoms with Crippen LogP contribution in [0.15, 0.2) is 242 Å². The van der Waals surface area contributed by atoms with Gasteiger partial charge in [0.1, 0.15) is 5.65 Å². The van der Waals surface area contributed by atoms with Crippen molar-refractivity contribution in [2.24, 2.45) is 0 Å². The minimum atomic E-state index is -3.36. The molecule has 67 heavy (non-hydrogen) atoms. The zero-order valence-electron chi connectivity index (χ0n) is 36.9. The van der Waals surface area contributed by atoms with Crippen LogP contribution in [0.2, 0.25) is 0 Å². The Morgan fingerprint density at radius 1 is 0.507 bits per heavy atom. The lowest BCUT2D eigenvalue weighted by atomic mass is 9.70. The Bertz CT molecular complexity index is 3940. The number of benzene rings is 9. The van der Waals surface area contributed by atoms with Gasteiger partial charge in [0.2, 0.25) is 0 Å². The maximum absolute atomic E-state index is 16.0. The van der Waals surface area contributed by atoms with E-state index >= 15 is 4.57 Å². The van der Waals surface area contributed by atoms with Gasteiger partial charge in [0, 0.05) is 26.7 Å². The molecular formula is C63H43N2OP. The van der Waals surface area contributed by atoms with Gasteiger partial charge in [-0.25, -0.2) is 4.98 Å². The predicted molar refractivity (Wildman–Crippen MR) is 281 cm³/mol. The molecule has 9 aromatic carbocycles. The van der Waals surface area contributed by atoms with Gasteiger partial charge in [0.15, 0.2) is 7.14 Å². The van der Waals surface area contributed by atoms with Crippen LogP contribution in [0.1, 0.15) is 29.2 Å². The molecule has 2 aromatic heterocycles. The zero-order chi connectivity index (χ0) is 44.9. The van der Waals surface area contributed by atoms with Crippen molar-refractivity contribution in [1.29, 1.82) is 0 Å². The van der Waals surface area contributed by atoms with Crippen LogP contribution in [-0.2, 0) is 9.98 Å². The molecule has 316 valence electrons. The first-order valence-corrected chi connectivity index (χ1v) is 24.7. The van der Waals surface area contributed by atoms with Gasteiger partial charge in [0.25, 0.3) is 0 Å². The summed E-state index contributed by atoms with van der Waals surface area (Å²) in [5.41, 5.74) is 17.9. The topological polar surface area (TPSA) is 34.4 Å². The Balaban J connectivity index is 0.969. The van der Waals surface area contributed by atoms with Crippen LogP contribution in [-0.4, -0.2) is 9.38 Å². The molecule has 0 saturated carbocycles. The van der Waals surface area contributed by atoms with E-state index in [1.54, 1.807) is 6.08 Å². The van der Waals surface area contributed by atoms with Gasteiger partial charge < -0.3 is 4.57 Å². The fourth-order valence-corrected chi connectivity index (χ4v) is 14.1. The molecule has 1 spiro atoms. The molecule has 11 aromatic rings. The molecule has 3 nitrogen and oxygen atoms in total. The highest BCUT2D eigenvalue weighted by Gasteiger charge is 2.52. The van der Waals surface area contributed by atoms with Crippen molar-refractivity contribution in [3.63, 3.8) is 0 Å². The number of pyridine rings is 1. The lowest BCUT2D eigenvalue weighted by Gasteiger charge is -2.31. The maximum atomic E-state index is 16.0. The number of rotatable bonds is 7. The third-order valence-electron chi connectivity index (χ3n) is 14.4. The lowest BCUT2D eigenvalue weighted by Crippen LogP contribution is -2.27. The molecular weight excluding hydrogens is 832 g/mol. The summed E-state index contributed by atoms with van der Waals surface area (Å²) in [4.78, 5) is 5.08. The molecule has 1 unspecified atom stereocenters. The number of fused-ring (bicyclic) bond motifs is 18. The van der Waals surface area contributed by atoms with Crippen molar-refractivity contribution in [1.82, 2.24) is 9.38 Å². The minimum Gasteiger partial charge on any atom is -0.309 e. The van der Waals surface area contributed by atoms with E-state index in [1.165, 1.54) is 49.7 Å². The number of para-hydroxylation sites is 2. The summed E-state index contributed by atoms with van der Waals surface area (Å²) < 4.78 is 18.3. The summed E-state index contributed by atoms with van der Waals surface area (Å²) in [6.07, 6.45) is 7.65. The second-order valence-electron chi connectivity index (χ2n) is 17.7. The number of allylic oxidation sites excluding steroid dienone is 5. The minimum absolute atomic E-state index is 0.632. The van der Waals surface area contributed by atoms with Gasteiger partial charge in [-0.3, -0.25) is 4.40 Å². The standard InChI is InChI=1S/C63H43N2OP/c1-3-5-17-45(4-2)67(66,46-18-7-6-8-19-46)47-34-36-52-51-35-32-44(39-57(51)63(58(52)40-47)55-24-13-11-21-49(55)50-22-12-14-25-56(50)63)42-30-28-41(29-31-42)43-33-37-60-54(38-43)48-20-9-10-23-53(48)62-64-59-26-15-16-27-61(59)65(60)62/h3-40H,2H2,1H3/b5-3-,45-17+. The van der Waals surface area contributed by atoms with Crippen LogP contribution in [0.3, 0.4) is 0 Å².